The summed E-state index contributed by atoms with van der Waals surface area (Å²) in [5, 5.41) is 0. The molecule has 0 aromatic heterocycles. The number of nitrogens with two attached hydrogens (primary N) is 1. The molecule has 0 amide bonds. The topological polar surface area (TPSA) is 70.8 Å². The maximum atomic E-state index is 12.2. The third-order valence-corrected chi connectivity index (χ3v) is 5.02. The van der Waals surface area contributed by atoms with Crippen LogP contribution in [-0.2, 0) is 20.0 Å². The summed E-state index contributed by atoms with van der Waals surface area (Å²) in [4.78, 5) is 0. The van der Waals surface area contributed by atoms with Crippen LogP contribution in [0, 0.1) is 0 Å². The Hall–Kier alpha value is -0.870. The van der Waals surface area contributed by atoms with E-state index < -0.39 is 7.60 Å². The lowest BCUT2D eigenvalue weighted by molar-refractivity contribution is 0.216. The van der Waals surface area contributed by atoms with Crippen LogP contribution in [0.3, 0.4) is 0 Å². The number of rotatable bonds is 11. The molecule has 120 valence electrons. The van der Waals surface area contributed by atoms with Gasteiger partial charge in [-0.15, -0.1) is 0 Å². The van der Waals surface area contributed by atoms with Crippen molar-refractivity contribution in [1.82, 2.24) is 0 Å². The van der Waals surface area contributed by atoms with Crippen LogP contribution in [0.1, 0.15) is 25.8 Å². The molecule has 0 fully saturated rings. The predicted molar refractivity (Wildman–Crippen MR) is 85.0 cm³/mol. The Bertz CT molecular complexity index is 426. The van der Waals surface area contributed by atoms with Crippen LogP contribution < -0.4 is 10.5 Å². The standard InChI is InChI=1S/C15H26NO4P/c1-3-19-21(17,20-4-2)13-5-12-18-15-8-6-14(7-9-15)10-11-16/h6-9H,3-5,10-13,16H2,1-2H3. The van der Waals surface area contributed by atoms with Crippen molar-refractivity contribution in [3.05, 3.63) is 29.8 Å². The molecule has 1 rings (SSSR count). The number of hydrogen-bond acceptors (Lipinski definition) is 5. The second-order valence-corrected chi connectivity index (χ2v) is 6.74. The summed E-state index contributed by atoms with van der Waals surface area (Å²) >= 11 is 0. The Kier molecular flexibility index (Phi) is 8.62. The largest absolute Gasteiger partial charge is 0.494 e. The lowest BCUT2D eigenvalue weighted by Crippen LogP contribution is -2.05. The Morgan fingerprint density at radius 1 is 1.10 bits per heavy atom. The molecule has 1 aromatic carbocycles. The fraction of sp³-hybridized carbons (Fsp3) is 0.600. The summed E-state index contributed by atoms with van der Waals surface area (Å²) in [6.07, 6.45) is 1.87. The predicted octanol–water partition coefficient (Wildman–Crippen LogP) is 3.22. The van der Waals surface area contributed by atoms with Crippen molar-refractivity contribution >= 4 is 7.60 Å². The van der Waals surface area contributed by atoms with Gasteiger partial charge in [-0.1, -0.05) is 12.1 Å². The average Bonchev–Trinajstić information content (AvgIpc) is 2.46. The Labute approximate surface area is 127 Å². The van der Waals surface area contributed by atoms with Crippen LogP contribution in [0.25, 0.3) is 0 Å². The highest BCUT2D eigenvalue weighted by Gasteiger charge is 2.22. The van der Waals surface area contributed by atoms with Crippen LogP contribution in [-0.4, -0.2) is 32.5 Å². The second kappa shape index (κ2) is 9.96. The van der Waals surface area contributed by atoms with E-state index in [1.807, 2.05) is 38.1 Å². The first-order valence-corrected chi connectivity index (χ1v) is 9.16. The van der Waals surface area contributed by atoms with Gasteiger partial charge in [-0.05, 0) is 50.9 Å². The van der Waals surface area contributed by atoms with Gasteiger partial charge in [0.1, 0.15) is 5.75 Å². The Morgan fingerprint density at radius 3 is 2.24 bits per heavy atom. The maximum absolute atomic E-state index is 12.2. The van der Waals surface area contributed by atoms with Crippen molar-refractivity contribution in [1.29, 1.82) is 0 Å². The van der Waals surface area contributed by atoms with Gasteiger partial charge in [-0.2, -0.15) is 0 Å². The van der Waals surface area contributed by atoms with Gasteiger partial charge < -0.3 is 19.5 Å². The maximum Gasteiger partial charge on any atom is 0.330 e. The third kappa shape index (κ3) is 7.09. The minimum Gasteiger partial charge on any atom is -0.494 e. The van der Waals surface area contributed by atoms with E-state index in [4.69, 9.17) is 19.5 Å². The number of ether oxygens (including phenoxy) is 1. The summed E-state index contributed by atoms with van der Waals surface area (Å²) in [5.41, 5.74) is 6.70. The summed E-state index contributed by atoms with van der Waals surface area (Å²) in [5.74, 6) is 0.804. The first kappa shape index (κ1) is 18.2. The zero-order chi connectivity index (χ0) is 15.6. The summed E-state index contributed by atoms with van der Waals surface area (Å²) < 4.78 is 28.3. The summed E-state index contributed by atoms with van der Waals surface area (Å²) in [6.45, 7) is 5.53. The smallest absolute Gasteiger partial charge is 0.330 e. The van der Waals surface area contributed by atoms with Gasteiger partial charge in [0.2, 0.25) is 0 Å². The summed E-state index contributed by atoms with van der Waals surface area (Å²) in [6, 6.07) is 7.87. The summed E-state index contributed by atoms with van der Waals surface area (Å²) in [7, 11) is -2.95. The van der Waals surface area contributed by atoms with E-state index in [1.54, 1.807) is 0 Å². The fourth-order valence-electron chi connectivity index (χ4n) is 1.93. The lowest BCUT2D eigenvalue weighted by Gasteiger charge is -2.16. The first-order valence-electron chi connectivity index (χ1n) is 7.43. The van der Waals surface area contributed by atoms with Crippen molar-refractivity contribution < 1.29 is 18.3 Å². The van der Waals surface area contributed by atoms with E-state index in [0.717, 1.165) is 12.2 Å². The molecule has 0 saturated heterocycles. The van der Waals surface area contributed by atoms with E-state index in [2.05, 4.69) is 0 Å². The molecule has 0 heterocycles. The third-order valence-electron chi connectivity index (χ3n) is 2.85. The Balaban J connectivity index is 2.33. The normalized spacial score (nSPS) is 11.6. The second-order valence-electron chi connectivity index (χ2n) is 4.55. The minimum atomic E-state index is -2.95. The van der Waals surface area contributed by atoms with Gasteiger partial charge in [0.05, 0.1) is 26.0 Å². The van der Waals surface area contributed by atoms with Gasteiger partial charge in [0.25, 0.3) is 0 Å². The quantitative estimate of drug-likeness (QED) is 0.501. The SMILES string of the molecule is CCOP(=O)(CCCOc1ccc(CCN)cc1)OCC. The molecular weight excluding hydrogens is 289 g/mol. The molecule has 0 bridgehead atoms. The molecule has 0 spiro atoms. The van der Waals surface area contributed by atoms with Gasteiger partial charge in [-0.3, -0.25) is 4.57 Å². The van der Waals surface area contributed by atoms with E-state index in [9.17, 15) is 4.57 Å². The molecule has 21 heavy (non-hydrogen) atoms. The molecular formula is C15H26NO4P. The molecule has 0 aliphatic heterocycles. The van der Waals surface area contributed by atoms with Crippen molar-refractivity contribution in [2.45, 2.75) is 26.7 Å². The molecule has 0 unspecified atom stereocenters. The van der Waals surface area contributed by atoms with Crippen LogP contribution in [0.15, 0.2) is 24.3 Å². The fourth-order valence-corrected chi connectivity index (χ4v) is 3.56. The highest BCUT2D eigenvalue weighted by molar-refractivity contribution is 7.53. The van der Waals surface area contributed by atoms with Gasteiger partial charge in [0.15, 0.2) is 0 Å². The van der Waals surface area contributed by atoms with E-state index in [1.165, 1.54) is 5.56 Å². The van der Waals surface area contributed by atoms with Crippen molar-refractivity contribution in [3.63, 3.8) is 0 Å². The molecule has 0 aliphatic carbocycles. The first-order chi connectivity index (χ1) is 10.1. The minimum absolute atomic E-state index is 0.375. The molecule has 0 aliphatic rings. The molecule has 2 N–H and O–H groups in total. The van der Waals surface area contributed by atoms with Crippen molar-refractivity contribution in [2.24, 2.45) is 5.73 Å². The van der Waals surface area contributed by atoms with Crippen LogP contribution in [0.5, 0.6) is 5.75 Å². The monoisotopic (exact) mass is 315 g/mol. The van der Waals surface area contributed by atoms with Crippen LogP contribution in [0.4, 0.5) is 0 Å². The molecule has 5 nitrogen and oxygen atoms in total. The van der Waals surface area contributed by atoms with Gasteiger partial charge in [0, 0.05) is 0 Å². The Morgan fingerprint density at radius 2 is 1.71 bits per heavy atom. The molecule has 0 radical (unpaired) electrons. The highest BCUT2D eigenvalue weighted by Crippen LogP contribution is 2.48. The zero-order valence-corrected chi connectivity index (χ0v) is 13.8. The molecule has 6 heteroatoms. The van der Waals surface area contributed by atoms with E-state index >= 15 is 0 Å². The number of hydrogen-bond donors (Lipinski definition) is 1. The van der Waals surface area contributed by atoms with Crippen molar-refractivity contribution in [2.75, 3.05) is 32.5 Å². The van der Waals surface area contributed by atoms with Crippen molar-refractivity contribution in [3.8, 4) is 5.75 Å². The van der Waals surface area contributed by atoms with E-state index in [0.29, 0.717) is 38.9 Å². The lowest BCUT2D eigenvalue weighted by atomic mass is 10.1. The number of benzene rings is 1. The zero-order valence-electron chi connectivity index (χ0n) is 12.9. The molecule has 0 atom stereocenters. The average molecular weight is 315 g/mol. The van der Waals surface area contributed by atoms with Crippen LogP contribution >= 0.6 is 7.60 Å². The van der Waals surface area contributed by atoms with E-state index in [-0.39, 0.29) is 0 Å². The van der Waals surface area contributed by atoms with Crippen LogP contribution in [0.2, 0.25) is 0 Å². The van der Waals surface area contributed by atoms with Gasteiger partial charge in [-0.25, -0.2) is 0 Å². The van der Waals surface area contributed by atoms with Gasteiger partial charge >= 0.3 is 7.60 Å². The molecule has 1 aromatic rings. The molecule has 0 saturated carbocycles. The highest BCUT2D eigenvalue weighted by atomic mass is 31.2.